The molecule has 0 bridgehead atoms. The number of thiazole rings is 1. The van der Waals surface area contributed by atoms with E-state index >= 15 is 0 Å². The smallest absolute Gasteiger partial charge is 0.291 e. The van der Waals surface area contributed by atoms with Gasteiger partial charge in [0.1, 0.15) is 0 Å². The van der Waals surface area contributed by atoms with Crippen LogP contribution < -0.4 is 0 Å². The van der Waals surface area contributed by atoms with Crippen LogP contribution in [-0.4, -0.2) is 34.6 Å². The number of amides is 1. The summed E-state index contributed by atoms with van der Waals surface area (Å²) in [5.74, 6) is -1.02. The van der Waals surface area contributed by atoms with Gasteiger partial charge in [0.25, 0.3) is 5.76 Å². The molecule has 0 radical (unpaired) electrons. The van der Waals surface area contributed by atoms with Crippen molar-refractivity contribution < 1.29 is 13.6 Å². The van der Waals surface area contributed by atoms with Crippen molar-refractivity contribution in [2.75, 3.05) is 13.1 Å². The number of likely N-dealkylation sites (tertiary alicyclic amines) is 1. The summed E-state index contributed by atoms with van der Waals surface area (Å²) in [6.07, 6.45) is 2.38. The van der Waals surface area contributed by atoms with E-state index in [-0.39, 0.29) is 12.3 Å². The Hall–Kier alpha value is -0.690. The van der Waals surface area contributed by atoms with Gasteiger partial charge in [-0.2, -0.15) is 8.78 Å². The Morgan fingerprint density at radius 2 is 2.05 bits per heavy atom. The summed E-state index contributed by atoms with van der Waals surface area (Å²) in [7, 11) is 0. The number of rotatable bonds is 5. The van der Waals surface area contributed by atoms with Crippen LogP contribution in [0, 0.1) is 18.8 Å². The molecule has 1 aromatic rings. The molecule has 1 fully saturated rings. The van der Waals surface area contributed by atoms with Gasteiger partial charge in [-0.15, -0.1) is 11.3 Å². The Kier molecular flexibility index (Phi) is 6.20. The average molecular weight is 348 g/mol. The number of hydrogen-bond donors (Lipinski definition) is 0. The fourth-order valence-corrected chi connectivity index (χ4v) is 4.59. The summed E-state index contributed by atoms with van der Waals surface area (Å²) in [4.78, 5) is 19.2. The molecule has 1 aliphatic rings. The van der Waals surface area contributed by atoms with E-state index in [4.69, 9.17) is 0 Å². The molecule has 2 heterocycles. The molecule has 0 spiro atoms. The van der Waals surface area contributed by atoms with Crippen molar-refractivity contribution in [3.8, 4) is 0 Å². The van der Waals surface area contributed by atoms with Crippen molar-refractivity contribution in [2.45, 2.75) is 50.1 Å². The Morgan fingerprint density at radius 3 is 2.59 bits per heavy atom. The van der Waals surface area contributed by atoms with E-state index in [9.17, 15) is 13.6 Å². The zero-order chi connectivity index (χ0) is 16.3. The monoisotopic (exact) mass is 348 g/mol. The van der Waals surface area contributed by atoms with Crippen molar-refractivity contribution in [2.24, 2.45) is 11.8 Å². The maximum absolute atomic E-state index is 12.4. The molecule has 2 rings (SSSR count). The summed E-state index contributed by atoms with van der Waals surface area (Å²) < 4.78 is 25.1. The first kappa shape index (κ1) is 17.7. The number of hydrogen-bond acceptors (Lipinski definition) is 4. The van der Waals surface area contributed by atoms with E-state index in [0.717, 1.165) is 30.8 Å². The minimum absolute atomic E-state index is 0.0857. The number of aryl methyl sites for hydroxylation is 1. The van der Waals surface area contributed by atoms with E-state index in [1.54, 1.807) is 6.92 Å². The molecule has 0 saturated carbocycles. The minimum atomic E-state index is -2.47. The average Bonchev–Trinajstić information content (AvgIpc) is 2.77. The van der Waals surface area contributed by atoms with Gasteiger partial charge in [0.2, 0.25) is 5.91 Å². The van der Waals surface area contributed by atoms with Crippen molar-refractivity contribution in [3.63, 3.8) is 0 Å². The molecule has 7 heteroatoms. The molecule has 124 valence electrons. The van der Waals surface area contributed by atoms with Crippen LogP contribution in [0.1, 0.15) is 37.3 Å². The Labute approximate surface area is 138 Å². The van der Waals surface area contributed by atoms with Gasteiger partial charge in [-0.1, -0.05) is 13.8 Å². The number of carbonyl (C=O) groups excluding carboxylic acids is 1. The van der Waals surface area contributed by atoms with Crippen molar-refractivity contribution >= 4 is 29.0 Å². The number of carbonyl (C=O) groups is 1. The lowest BCUT2D eigenvalue weighted by Crippen LogP contribution is -2.40. The number of aromatic nitrogens is 1. The third-order valence-corrected chi connectivity index (χ3v) is 6.17. The molecule has 1 amide bonds. The maximum atomic E-state index is 12.4. The zero-order valence-corrected chi connectivity index (χ0v) is 14.8. The SMILES string of the molecule is Cc1nc(SC(F)F)sc1CC(=O)N1CCC(C(C)C)CC1. The molecule has 1 aromatic heterocycles. The lowest BCUT2D eigenvalue weighted by atomic mass is 9.86. The molecule has 0 N–H and O–H groups in total. The van der Waals surface area contributed by atoms with Crippen molar-refractivity contribution in [1.29, 1.82) is 0 Å². The predicted octanol–water partition coefficient (Wildman–Crippen LogP) is 4.20. The Bertz CT molecular complexity index is 512. The molecule has 1 aliphatic heterocycles. The number of alkyl halides is 2. The van der Waals surface area contributed by atoms with Crippen molar-refractivity contribution in [1.82, 2.24) is 9.88 Å². The van der Waals surface area contributed by atoms with Gasteiger partial charge < -0.3 is 4.90 Å². The molecule has 0 atom stereocenters. The lowest BCUT2D eigenvalue weighted by Gasteiger charge is -2.33. The Balaban J connectivity index is 1.91. The van der Waals surface area contributed by atoms with Gasteiger partial charge in [-0.3, -0.25) is 4.79 Å². The molecule has 0 unspecified atom stereocenters. The number of nitrogens with zero attached hydrogens (tertiary/aromatic N) is 2. The summed E-state index contributed by atoms with van der Waals surface area (Å²) in [5, 5.41) is 0. The highest BCUT2D eigenvalue weighted by Crippen LogP contribution is 2.32. The molecule has 0 aliphatic carbocycles. The topological polar surface area (TPSA) is 33.2 Å². The molecule has 22 heavy (non-hydrogen) atoms. The van der Waals surface area contributed by atoms with Crippen LogP contribution in [0.15, 0.2) is 4.34 Å². The summed E-state index contributed by atoms with van der Waals surface area (Å²) in [5.41, 5.74) is 0.693. The third kappa shape index (κ3) is 4.65. The van der Waals surface area contributed by atoms with Crippen LogP contribution in [0.3, 0.4) is 0 Å². The normalized spacial score (nSPS) is 16.8. The predicted molar refractivity (Wildman–Crippen MR) is 86.6 cm³/mol. The second kappa shape index (κ2) is 7.73. The zero-order valence-electron chi connectivity index (χ0n) is 13.1. The van der Waals surface area contributed by atoms with Gasteiger partial charge in [0, 0.05) is 18.0 Å². The second-order valence-corrected chi connectivity index (χ2v) is 8.33. The molecular weight excluding hydrogens is 326 g/mol. The summed E-state index contributed by atoms with van der Waals surface area (Å²) in [6, 6.07) is 0. The van der Waals surface area contributed by atoms with E-state index in [1.807, 2.05) is 4.90 Å². The van der Waals surface area contributed by atoms with Crippen LogP contribution in [0.4, 0.5) is 8.78 Å². The van der Waals surface area contributed by atoms with Crippen molar-refractivity contribution in [3.05, 3.63) is 10.6 Å². The van der Waals surface area contributed by atoms with Gasteiger partial charge in [0.15, 0.2) is 4.34 Å². The summed E-state index contributed by atoms with van der Waals surface area (Å²) >= 11 is 1.66. The first-order valence-corrected chi connectivity index (χ1v) is 9.25. The van der Waals surface area contributed by atoms with Gasteiger partial charge >= 0.3 is 0 Å². The highest BCUT2D eigenvalue weighted by molar-refractivity contribution is 8.01. The van der Waals surface area contributed by atoms with E-state index in [2.05, 4.69) is 18.8 Å². The number of piperidine rings is 1. The quantitative estimate of drug-likeness (QED) is 0.748. The Morgan fingerprint density at radius 1 is 1.41 bits per heavy atom. The fourth-order valence-electron chi connectivity index (χ4n) is 2.76. The summed E-state index contributed by atoms with van der Waals surface area (Å²) in [6.45, 7) is 7.84. The largest absolute Gasteiger partial charge is 0.342 e. The minimum Gasteiger partial charge on any atom is -0.342 e. The first-order chi connectivity index (χ1) is 10.4. The fraction of sp³-hybridized carbons (Fsp3) is 0.733. The van der Waals surface area contributed by atoms with Gasteiger partial charge in [-0.05, 0) is 43.4 Å². The maximum Gasteiger partial charge on any atom is 0.291 e. The van der Waals surface area contributed by atoms with E-state index < -0.39 is 5.76 Å². The third-order valence-electron chi connectivity index (χ3n) is 4.21. The van der Waals surface area contributed by atoms with E-state index in [0.29, 0.717) is 33.6 Å². The highest BCUT2D eigenvalue weighted by Gasteiger charge is 2.25. The molecule has 1 saturated heterocycles. The van der Waals surface area contributed by atoms with Crippen LogP contribution >= 0.6 is 23.1 Å². The van der Waals surface area contributed by atoms with Gasteiger partial charge in [0.05, 0.1) is 12.1 Å². The standard InChI is InChI=1S/C15H22F2N2OS2/c1-9(2)11-4-6-19(7-5-11)13(20)8-12-10(3)18-15(21-12)22-14(16)17/h9,11,14H,4-8H2,1-3H3. The molecular formula is C15H22F2N2OS2. The second-order valence-electron chi connectivity index (χ2n) is 6.01. The van der Waals surface area contributed by atoms with Crippen LogP contribution in [0.5, 0.6) is 0 Å². The molecule has 0 aromatic carbocycles. The van der Waals surface area contributed by atoms with Crippen LogP contribution in [-0.2, 0) is 11.2 Å². The molecule has 3 nitrogen and oxygen atoms in total. The van der Waals surface area contributed by atoms with Crippen LogP contribution in [0.25, 0.3) is 0 Å². The first-order valence-electron chi connectivity index (χ1n) is 7.55. The highest BCUT2D eigenvalue weighted by atomic mass is 32.2. The number of halogens is 2. The lowest BCUT2D eigenvalue weighted by molar-refractivity contribution is -0.132. The van der Waals surface area contributed by atoms with E-state index in [1.165, 1.54) is 11.3 Å². The van der Waals surface area contributed by atoms with Gasteiger partial charge in [-0.25, -0.2) is 4.98 Å². The van der Waals surface area contributed by atoms with Crippen LogP contribution in [0.2, 0.25) is 0 Å². The number of thioether (sulfide) groups is 1.